The van der Waals surface area contributed by atoms with E-state index in [1.807, 2.05) is 11.4 Å². The molecule has 2 aromatic heterocycles. The molecule has 0 radical (unpaired) electrons. The minimum atomic E-state index is 0.346. The molecule has 68 valence electrons. The van der Waals surface area contributed by atoms with Crippen molar-refractivity contribution in [2.45, 2.75) is 0 Å². The number of fused-ring (bicyclic) bond motifs is 1. The molecule has 0 saturated heterocycles. The summed E-state index contributed by atoms with van der Waals surface area (Å²) in [6.45, 7) is 0. The lowest BCUT2D eigenvalue weighted by molar-refractivity contribution is 1.14. The van der Waals surface area contributed by atoms with Crippen LogP contribution in [0.2, 0.25) is 0 Å². The van der Waals surface area contributed by atoms with Crippen molar-refractivity contribution >= 4 is 33.3 Å². The highest BCUT2D eigenvalue weighted by Crippen LogP contribution is 2.25. The minimum absolute atomic E-state index is 0.346. The van der Waals surface area contributed by atoms with Crippen molar-refractivity contribution in [1.29, 1.82) is 0 Å². The van der Waals surface area contributed by atoms with E-state index >= 15 is 0 Å². The van der Waals surface area contributed by atoms with Crippen LogP contribution >= 0.6 is 11.3 Å². The van der Waals surface area contributed by atoms with Gasteiger partial charge in [0.1, 0.15) is 0 Å². The van der Waals surface area contributed by atoms with Gasteiger partial charge in [0, 0.05) is 0 Å². The van der Waals surface area contributed by atoms with Crippen LogP contribution in [-0.2, 0) is 0 Å². The Morgan fingerprint density at radius 2 is 2.08 bits per heavy atom. The van der Waals surface area contributed by atoms with Crippen LogP contribution in [0.5, 0.6) is 0 Å². The summed E-state index contributed by atoms with van der Waals surface area (Å²) in [6.07, 6.45) is 0. The van der Waals surface area contributed by atoms with Gasteiger partial charge in [-0.2, -0.15) is 4.98 Å². The van der Waals surface area contributed by atoms with Gasteiger partial charge >= 0.3 is 0 Å². The van der Waals surface area contributed by atoms with E-state index < -0.39 is 0 Å². The van der Waals surface area contributed by atoms with Gasteiger partial charge < -0.3 is 5.43 Å². The first kappa shape index (κ1) is 8.17. The number of rotatable bonds is 2. The van der Waals surface area contributed by atoms with Gasteiger partial charge in [-0.15, -0.1) is 11.3 Å². The SMILES string of the molecule is NNc1nc(NN)c2sccc2n1. The lowest BCUT2D eigenvalue weighted by Crippen LogP contribution is -2.14. The molecule has 0 aromatic carbocycles. The Kier molecular flexibility index (Phi) is 1.97. The van der Waals surface area contributed by atoms with Crippen molar-refractivity contribution < 1.29 is 0 Å². The van der Waals surface area contributed by atoms with Crippen molar-refractivity contribution in [2.24, 2.45) is 11.7 Å². The Morgan fingerprint density at radius 1 is 1.23 bits per heavy atom. The van der Waals surface area contributed by atoms with Gasteiger partial charge in [0.25, 0.3) is 0 Å². The Hall–Kier alpha value is -1.44. The van der Waals surface area contributed by atoms with Crippen molar-refractivity contribution in [1.82, 2.24) is 9.97 Å². The van der Waals surface area contributed by atoms with Crippen LogP contribution in [0.4, 0.5) is 11.8 Å². The summed E-state index contributed by atoms with van der Waals surface area (Å²) >= 11 is 1.52. The summed E-state index contributed by atoms with van der Waals surface area (Å²) < 4.78 is 0.918. The highest BCUT2D eigenvalue weighted by Gasteiger charge is 2.06. The van der Waals surface area contributed by atoms with Crippen LogP contribution < -0.4 is 22.5 Å². The number of nitrogens with two attached hydrogens (primary N) is 2. The van der Waals surface area contributed by atoms with Gasteiger partial charge in [0.15, 0.2) is 5.82 Å². The average molecular weight is 196 g/mol. The molecule has 0 atom stereocenters. The van der Waals surface area contributed by atoms with E-state index in [0.29, 0.717) is 11.8 Å². The molecule has 0 aliphatic rings. The van der Waals surface area contributed by atoms with Gasteiger partial charge in [-0.05, 0) is 11.4 Å². The highest BCUT2D eigenvalue weighted by molar-refractivity contribution is 7.17. The summed E-state index contributed by atoms with van der Waals surface area (Å²) in [7, 11) is 0. The Labute approximate surface area is 77.9 Å². The third-order valence-corrected chi connectivity index (χ3v) is 2.48. The Morgan fingerprint density at radius 3 is 2.77 bits per heavy atom. The van der Waals surface area contributed by atoms with Crippen LogP contribution in [0.15, 0.2) is 11.4 Å². The summed E-state index contributed by atoms with van der Waals surface area (Å²) in [5, 5.41) is 1.92. The highest BCUT2D eigenvalue weighted by atomic mass is 32.1. The molecule has 2 heterocycles. The van der Waals surface area contributed by atoms with Crippen LogP contribution in [0.3, 0.4) is 0 Å². The van der Waals surface area contributed by atoms with Gasteiger partial charge in [-0.1, -0.05) is 0 Å². The monoisotopic (exact) mass is 196 g/mol. The molecular formula is C6H8N6S. The van der Waals surface area contributed by atoms with Crippen LogP contribution in [0.1, 0.15) is 0 Å². The molecule has 2 rings (SSSR count). The molecule has 0 aliphatic carbocycles. The molecule has 6 nitrogen and oxygen atoms in total. The van der Waals surface area contributed by atoms with Crippen LogP contribution in [0, 0.1) is 0 Å². The van der Waals surface area contributed by atoms with Gasteiger partial charge in [-0.3, -0.25) is 5.43 Å². The number of thiophene rings is 1. The first-order valence-electron chi connectivity index (χ1n) is 3.53. The lowest BCUT2D eigenvalue weighted by atomic mass is 10.4. The quantitative estimate of drug-likeness (QED) is 0.406. The number of hydrogen-bond acceptors (Lipinski definition) is 7. The lowest BCUT2D eigenvalue weighted by Gasteiger charge is -2.03. The third-order valence-electron chi connectivity index (χ3n) is 1.57. The molecule has 0 spiro atoms. The van der Waals surface area contributed by atoms with Gasteiger partial charge in [-0.25, -0.2) is 16.7 Å². The smallest absolute Gasteiger partial charge is 0.239 e. The molecule has 6 N–H and O–H groups in total. The topological polar surface area (TPSA) is 102 Å². The van der Waals surface area contributed by atoms with Crippen molar-refractivity contribution in [3.8, 4) is 0 Å². The Balaban J connectivity index is 2.70. The summed E-state index contributed by atoms with van der Waals surface area (Å²) in [6, 6.07) is 1.88. The maximum Gasteiger partial charge on any atom is 0.239 e. The first-order chi connectivity index (χ1) is 6.35. The number of hydrogen-bond donors (Lipinski definition) is 4. The number of nitrogens with zero attached hydrogens (tertiary/aromatic N) is 2. The predicted molar refractivity (Wildman–Crippen MR) is 53.0 cm³/mol. The van der Waals surface area contributed by atoms with E-state index in [4.69, 9.17) is 11.7 Å². The number of anilines is 2. The fourth-order valence-electron chi connectivity index (χ4n) is 1.03. The molecule has 0 unspecified atom stereocenters. The first-order valence-corrected chi connectivity index (χ1v) is 4.41. The average Bonchev–Trinajstić information content (AvgIpc) is 2.63. The van der Waals surface area contributed by atoms with E-state index in [-0.39, 0.29) is 0 Å². The van der Waals surface area contributed by atoms with E-state index in [1.54, 1.807) is 0 Å². The molecule has 2 aromatic rings. The molecule has 0 bridgehead atoms. The number of hydrazine groups is 2. The van der Waals surface area contributed by atoms with Gasteiger partial charge in [0.2, 0.25) is 5.95 Å². The van der Waals surface area contributed by atoms with Crippen molar-refractivity contribution in [3.05, 3.63) is 11.4 Å². The predicted octanol–water partition coefficient (Wildman–Crippen LogP) is 0.262. The molecule has 0 aliphatic heterocycles. The largest absolute Gasteiger partial charge is 0.307 e. The van der Waals surface area contributed by atoms with E-state index in [2.05, 4.69) is 20.8 Å². The summed E-state index contributed by atoms with van der Waals surface area (Å²) in [5.74, 6) is 11.4. The standard InChI is InChI=1S/C6H8N6S/c7-11-5-4-3(1-2-13-4)9-6(10-5)12-8/h1-2H,7-8H2,(H2,9,10,11,12). The zero-order valence-corrected chi connectivity index (χ0v) is 7.43. The van der Waals surface area contributed by atoms with Gasteiger partial charge in [0.05, 0.1) is 10.2 Å². The summed E-state index contributed by atoms with van der Waals surface area (Å²) in [5.41, 5.74) is 5.69. The maximum absolute atomic E-state index is 5.30. The zero-order valence-electron chi connectivity index (χ0n) is 6.61. The maximum atomic E-state index is 5.30. The fraction of sp³-hybridized carbons (Fsp3) is 0. The van der Waals surface area contributed by atoms with E-state index in [9.17, 15) is 0 Å². The molecular weight excluding hydrogens is 188 g/mol. The number of aromatic nitrogens is 2. The van der Waals surface area contributed by atoms with Crippen molar-refractivity contribution in [3.63, 3.8) is 0 Å². The Bertz CT molecular complexity index is 424. The second-order valence-electron chi connectivity index (χ2n) is 2.32. The molecule has 7 heteroatoms. The van der Waals surface area contributed by atoms with E-state index in [1.165, 1.54) is 11.3 Å². The molecule has 0 amide bonds. The normalized spacial score (nSPS) is 10.3. The van der Waals surface area contributed by atoms with Crippen LogP contribution in [0.25, 0.3) is 10.2 Å². The minimum Gasteiger partial charge on any atom is -0.307 e. The summed E-state index contributed by atoms with van der Waals surface area (Å²) in [4.78, 5) is 8.17. The van der Waals surface area contributed by atoms with E-state index in [0.717, 1.165) is 10.2 Å². The molecule has 0 fully saturated rings. The molecule has 0 saturated carbocycles. The molecule has 13 heavy (non-hydrogen) atoms. The second kappa shape index (κ2) is 3.13. The third kappa shape index (κ3) is 1.28. The number of nitrogen functional groups attached to an aromatic ring is 2. The van der Waals surface area contributed by atoms with Crippen molar-refractivity contribution in [2.75, 3.05) is 10.9 Å². The fourth-order valence-corrected chi connectivity index (χ4v) is 1.81. The van der Waals surface area contributed by atoms with Crippen LogP contribution in [-0.4, -0.2) is 9.97 Å². The zero-order chi connectivity index (χ0) is 9.26. The second-order valence-corrected chi connectivity index (χ2v) is 3.24. The number of nitrogens with one attached hydrogen (secondary N) is 2.